The highest BCUT2D eigenvalue weighted by Gasteiger charge is 2.29. The number of methoxy groups -OCH3 is 1. The molecule has 0 aliphatic rings. The van der Waals surface area contributed by atoms with Gasteiger partial charge >= 0.3 is 0 Å². The van der Waals surface area contributed by atoms with Gasteiger partial charge in [0.2, 0.25) is 15.9 Å². The maximum atomic E-state index is 13.5. The van der Waals surface area contributed by atoms with Crippen LogP contribution in [0.3, 0.4) is 0 Å². The van der Waals surface area contributed by atoms with E-state index in [-0.39, 0.29) is 17.1 Å². The lowest BCUT2D eigenvalue weighted by Crippen LogP contribution is -2.45. The first-order valence-corrected chi connectivity index (χ1v) is 12.9. The number of aryl methyl sites for hydroxylation is 3. The molecule has 0 fully saturated rings. The number of nitrogens with one attached hydrogen (secondary N) is 2. The summed E-state index contributed by atoms with van der Waals surface area (Å²) in [5.41, 5.74) is 4.39. The molecular formula is C27H32N2O4S. The molecule has 0 saturated heterocycles. The molecule has 1 amide bonds. The summed E-state index contributed by atoms with van der Waals surface area (Å²) in [4.78, 5) is 13.5. The van der Waals surface area contributed by atoms with Crippen LogP contribution in [0.15, 0.2) is 71.6 Å². The van der Waals surface area contributed by atoms with Crippen LogP contribution in [0.4, 0.5) is 5.69 Å². The fourth-order valence-corrected chi connectivity index (χ4v) is 5.34. The van der Waals surface area contributed by atoms with Crippen molar-refractivity contribution in [2.24, 2.45) is 0 Å². The van der Waals surface area contributed by atoms with E-state index < -0.39 is 22.0 Å². The molecule has 180 valence electrons. The van der Waals surface area contributed by atoms with Crippen molar-refractivity contribution in [3.05, 3.63) is 89.0 Å². The number of hydrogen-bond donors (Lipinski definition) is 2. The highest BCUT2D eigenvalue weighted by molar-refractivity contribution is 7.89. The summed E-state index contributed by atoms with van der Waals surface area (Å²) in [6.07, 6.45) is 1.70. The van der Waals surface area contributed by atoms with Crippen molar-refractivity contribution in [1.82, 2.24) is 4.72 Å². The van der Waals surface area contributed by atoms with E-state index in [0.29, 0.717) is 0 Å². The summed E-state index contributed by atoms with van der Waals surface area (Å²) in [5, 5.41) is 3.02. The van der Waals surface area contributed by atoms with Crippen LogP contribution in [-0.2, 0) is 34.1 Å². The van der Waals surface area contributed by atoms with Crippen LogP contribution in [-0.4, -0.2) is 27.5 Å². The third-order valence-electron chi connectivity index (χ3n) is 5.75. The second-order valence-electron chi connectivity index (χ2n) is 8.17. The van der Waals surface area contributed by atoms with Gasteiger partial charge in [-0.15, -0.1) is 0 Å². The van der Waals surface area contributed by atoms with Crippen molar-refractivity contribution in [2.75, 3.05) is 12.4 Å². The van der Waals surface area contributed by atoms with Crippen molar-refractivity contribution in [1.29, 1.82) is 0 Å². The van der Waals surface area contributed by atoms with E-state index in [9.17, 15) is 13.2 Å². The molecule has 3 aromatic carbocycles. The van der Waals surface area contributed by atoms with Gasteiger partial charge in [0.25, 0.3) is 0 Å². The minimum absolute atomic E-state index is 0.00377. The molecule has 3 rings (SSSR count). The van der Waals surface area contributed by atoms with Crippen LogP contribution in [0.1, 0.15) is 36.1 Å². The third kappa shape index (κ3) is 6.04. The lowest BCUT2D eigenvalue weighted by molar-refractivity contribution is -0.117. The zero-order valence-corrected chi connectivity index (χ0v) is 20.9. The predicted molar refractivity (Wildman–Crippen MR) is 136 cm³/mol. The first kappa shape index (κ1) is 25.5. The molecule has 0 aromatic heterocycles. The molecule has 0 heterocycles. The van der Waals surface area contributed by atoms with Gasteiger partial charge in [-0.05, 0) is 60.6 Å². The molecule has 0 aliphatic heterocycles. The number of amides is 1. The molecule has 0 bridgehead atoms. The quantitative estimate of drug-likeness (QED) is 0.442. The molecule has 0 saturated carbocycles. The van der Waals surface area contributed by atoms with Gasteiger partial charge in [-0.1, -0.05) is 68.4 Å². The number of rotatable bonds is 10. The van der Waals surface area contributed by atoms with E-state index in [4.69, 9.17) is 4.74 Å². The number of carbonyl (C=O) groups is 1. The van der Waals surface area contributed by atoms with Gasteiger partial charge in [-0.2, -0.15) is 4.72 Å². The molecule has 7 heteroatoms. The molecule has 6 nitrogen and oxygen atoms in total. The van der Waals surface area contributed by atoms with Crippen molar-refractivity contribution >= 4 is 21.6 Å². The monoisotopic (exact) mass is 480 g/mol. The Morgan fingerprint density at radius 3 is 2.18 bits per heavy atom. The van der Waals surface area contributed by atoms with Crippen LogP contribution >= 0.6 is 0 Å². The van der Waals surface area contributed by atoms with Gasteiger partial charge in [0.1, 0.15) is 16.7 Å². The van der Waals surface area contributed by atoms with Crippen LogP contribution in [0.25, 0.3) is 0 Å². The molecule has 1 unspecified atom stereocenters. The largest absolute Gasteiger partial charge is 0.495 e. The molecule has 0 radical (unpaired) electrons. The van der Waals surface area contributed by atoms with Crippen LogP contribution in [0.2, 0.25) is 0 Å². The standard InChI is InChI=1S/C27H32N2O4S/c1-5-21-13-10-14-22(6-2)26(21)28-27(30)23(18-20-11-8-7-9-12-20)29-34(31,32)25-17-19(3)15-16-24(25)33-4/h7-17,23,29H,5-6,18H2,1-4H3,(H,28,30). The Bertz CT molecular complexity index is 1220. The van der Waals surface area contributed by atoms with E-state index in [1.165, 1.54) is 7.11 Å². The molecule has 2 N–H and O–H groups in total. The van der Waals surface area contributed by atoms with E-state index >= 15 is 0 Å². The maximum absolute atomic E-state index is 13.5. The summed E-state index contributed by atoms with van der Waals surface area (Å²) in [5.74, 6) is -0.184. The summed E-state index contributed by atoms with van der Waals surface area (Å²) >= 11 is 0. The number of benzene rings is 3. The van der Waals surface area contributed by atoms with E-state index in [0.717, 1.165) is 40.8 Å². The Labute approximate surface area is 202 Å². The highest BCUT2D eigenvalue weighted by Crippen LogP contribution is 2.26. The molecule has 34 heavy (non-hydrogen) atoms. The van der Waals surface area contributed by atoms with E-state index in [1.54, 1.807) is 25.1 Å². The van der Waals surface area contributed by atoms with Crippen molar-refractivity contribution < 1.29 is 17.9 Å². The smallest absolute Gasteiger partial charge is 0.245 e. The zero-order valence-electron chi connectivity index (χ0n) is 20.1. The van der Waals surface area contributed by atoms with Crippen LogP contribution in [0.5, 0.6) is 5.75 Å². The fraction of sp³-hybridized carbons (Fsp3) is 0.296. The molecule has 1 atom stereocenters. The average molecular weight is 481 g/mol. The van der Waals surface area contributed by atoms with Crippen molar-refractivity contribution in [3.63, 3.8) is 0 Å². The minimum Gasteiger partial charge on any atom is -0.495 e. The second kappa shape index (κ2) is 11.3. The molecule has 0 aliphatic carbocycles. The fourth-order valence-electron chi connectivity index (χ4n) is 3.90. The summed E-state index contributed by atoms with van der Waals surface area (Å²) in [6.45, 7) is 5.86. The molecule has 0 spiro atoms. The van der Waals surface area contributed by atoms with Crippen LogP contribution in [0, 0.1) is 6.92 Å². The number of ether oxygens (including phenoxy) is 1. The predicted octanol–water partition coefficient (Wildman–Crippen LogP) is 4.66. The maximum Gasteiger partial charge on any atom is 0.245 e. The topological polar surface area (TPSA) is 84.5 Å². The average Bonchev–Trinajstić information content (AvgIpc) is 2.84. The van der Waals surface area contributed by atoms with Gasteiger partial charge in [-0.25, -0.2) is 8.42 Å². The first-order chi connectivity index (χ1) is 16.3. The van der Waals surface area contributed by atoms with Gasteiger partial charge < -0.3 is 10.1 Å². The Morgan fingerprint density at radius 1 is 0.941 bits per heavy atom. The number of anilines is 1. The Balaban J connectivity index is 1.98. The summed E-state index contributed by atoms with van der Waals surface area (Å²) in [7, 11) is -2.63. The Morgan fingerprint density at radius 2 is 1.59 bits per heavy atom. The summed E-state index contributed by atoms with van der Waals surface area (Å²) in [6, 6.07) is 19.2. The van der Waals surface area contributed by atoms with E-state index in [2.05, 4.69) is 10.0 Å². The highest BCUT2D eigenvalue weighted by atomic mass is 32.2. The molecular weight excluding hydrogens is 448 g/mol. The first-order valence-electron chi connectivity index (χ1n) is 11.4. The van der Waals surface area contributed by atoms with Gasteiger partial charge in [0.05, 0.1) is 7.11 Å². The number of para-hydroxylation sites is 1. The zero-order chi connectivity index (χ0) is 24.7. The minimum atomic E-state index is -4.05. The lowest BCUT2D eigenvalue weighted by Gasteiger charge is -2.22. The van der Waals surface area contributed by atoms with Crippen LogP contribution < -0.4 is 14.8 Å². The Kier molecular flexibility index (Phi) is 8.47. The van der Waals surface area contributed by atoms with Gasteiger partial charge in [0.15, 0.2) is 0 Å². The third-order valence-corrected chi connectivity index (χ3v) is 7.25. The molecule has 3 aromatic rings. The SMILES string of the molecule is CCc1cccc(CC)c1NC(=O)C(Cc1ccccc1)NS(=O)(=O)c1cc(C)ccc1OC. The van der Waals surface area contributed by atoms with E-state index in [1.807, 2.05) is 62.4 Å². The Hall–Kier alpha value is -3.16. The normalized spacial score (nSPS) is 12.2. The van der Waals surface area contributed by atoms with Gasteiger partial charge in [0, 0.05) is 5.69 Å². The second-order valence-corrected chi connectivity index (χ2v) is 9.85. The number of sulfonamides is 1. The number of hydrogen-bond acceptors (Lipinski definition) is 4. The van der Waals surface area contributed by atoms with Crippen molar-refractivity contribution in [2.45, 2.75) is 51.0 Å². The lowest BCUT2D eigenvalue weighted by atomic mass is 10.0. The van der Waals surface area contributed by atoms with Gasteiger partial charge in [-0.3, -0.25) is 4.79 Å². The number of carbonyl (C=O) groups excluding carboxylic acids is 1. The summed E-state index contributed by atoms with van der Waals surface area (Å²) < 4.78 is 34.7. The van der Waals surface area contributed by atoms with Crippen molar-refractivity contribution in [3.8, 4) is 5.75 Å².